The Balaban J connectivity index is 0.000000911. The molecule has 0 aromatic rings. The van der Waals surface area contributed by atoms with E-state index in [0.29, 0.717) is 0 Å². The van der Waals surface area contributed by atoms with Crippen molar-refractivity contribution >= 4 is 16.1 Å². The molecule has 0 aromatic carbocycles. The van der Waals surface area contributed by atoms with E-state index in [0.717, 1.165) is 0 Å². The Kier molecular flexibility index (Phi) is 5.67. The Hall–Kier alpha value is 0.688. The number of hydrogen-bond acceptors (Lipinski definition) is 0. The molecule has 3 heterocycles. The Labute approximate surface area is 171 Å². The summed E-state index contributed by atoms with van der Waals surface area (Å²) in [6, 6.07) is 6.28. The standard InChI is InChI=1S/2C9H13Si.C2H4.2ClH.Ti/c2*1-10(7-4-8-10)9-5-2-3-6-9;1-2;;;/h2*5-6H,2,4,7-8H2,1H3;1-2H2;2*1H;/q;;;;;+2/p-2. The van der Waals surface area contributed by atoms with E-state index in [4.69, 9.17) is 0 Å². The first kappa shape index (κ1) is 20.4. The van der Waals surface area contributed by atoms with Crippen LogP contribution in [0.4, 0.5) is 0 Å². The smallest absolute Gasteiger partial charge is 1.00 e. The van der Waals surface area contributed by atoms with Crippen LogP contribution in [-0.4, -0.2) is 16.1 Å². The maximum Gasteiger partial charge on any atom is -1.00 e. The molecule has 0 saturated carbocycles. The van der Waals surface area contributed by atoms with Crippen LogP contribution in [0.1, 0.15) is 25.7 Å². The van der Waals surface area contributed by atoms with E-state index < -0.39 is 32.7 Å². The van der Waals surface area contributed by atoms with Gasteiger partial charge in [0.25, 0.3) is 0 Å². The van der Waals surface area contributed by atoms with Crippen molar-refractivity contribution in [1.82, 2.24) is 0 Å². The van der Waals surface area contributed by atoms with Gasteiger partial charge in [0.1, 0.15) is 0 Å². The molecule has 0 aromatic heterocycles. The molecule has 2 aliphatic carbocycles. The van der Waals surface area contributed by atoms with Gasteiger partial charge in [0.05, 0.1) is 0 Å². The second-order valence-electron chi connectivity index (χ2n) is 9.48. The third-order valence-electron chi connectivity index (χ3n) is 8.03. The van der Waals surface area contributed by atoms with Gasteiger partial charge in [0.2, 0.25) is 0 Å². The van der Waals surface area contributed by atoms with Gasteiger partial charge in [-0.3, -0.25) is 0 Å². The summed E-state index contributed by atoms with van der Waals surface area (Å²) in [6.45, 7) is 5.29. The fourth-order valence-electron chi connectivity index (χ4n) is 5.52. The minimum absolute atomic E-state index is 0. The molecule has 25 heavy (non-hydrogen) atoms. The molecule has 0 nitrogen and oxygen atoms in total. The van der Waals surface area contributed by atoms with Crippen molar-refractivity contribution < 1.29 is 41.4 Å². The van der Waals surface area contributed by atoms with Crippen molar-refractivity contribution in [3.63, 3.8) is 0 Å². The molecule has 3 saturated heterocycles. The van der Waals surface area contributed by atoms with Crippen molar-refractivity contribution in [2.24, 2.45) is 0 Å². The third kappa shape index (κ3) is 3.13. The molecule has 5 heteroatoms. The summed E-state index contributed by atoms with van der Waals surface area (Å²) in [4.78, 5) is 0. The van der Waals surface area contributed by atoms with E-state index in [9.17, 15) is 0 Å². The number of allylic oxidation sites excluding steroid dienone is 8. The van der Waals surface area contributed by atoms with Crippen LogP contribution in [-0.2, 0) is 16.6 Å². The molecule has 3 fully saturated rings. The summed E-state index contributed by atoms with van der Waals surface area (Å²) in [7, 11) is -1.89. The van der Waals surface area contributed by atoms with Gasteiger partial charge in [0.15, 0.2) is 0 Å². The zero-order valence-corrected chi connectivity index (χ0v) is 20.7. The minimum Gasteiger partial charge on any atom is -1.00 e. The fraction of sp³-hybridized carbons (Fsp3) is 0.600. The summed E-state index contributed by atoms with van der Waals surface area (Å²) < 4.78 is 7.22. The van der Waals surface area contributed by atoms with Crippen LogP contribution in [0.5, 0.6) is 0 Å². The molecule has 0 amide bonds. The van der Waals surface area contributed by atoms with Crippen LogP contribution in [0, 0.1) is 0 Å². The van der Waals surface area contributed by atoms with Gasteiger partial charge in [-0.25, -0.2) is 0 Å². The summed E-state index contributed by atoms with van der Waals surface area (Å²) in [5.74, 6) is 0. The molecular formula is C20H30Cl2Si2Ti. The predicted octanol–water partition coefficient (Wildman–Crippen LogP) is 0.470. The number of rotatable bonds is 4. The summed E-state index contributed by atoms with van der Waals surface area (Å²) >= 11 is -1.72. The largest absolute Gasteiger partial charge is 1.00 e. The van der Waals surface area contributed by atoms with Gasteiger partial charge in [-0.1, -0.05) is 0 Å². The molecule has 5 rings (SSSR count). The van der Waals surface area contributed by atoms with Gasteiger partial charge in [-0.05, 0) is 0 Å². The Morgan fingerprint density at radius 2 is 1.12 bits per heavy atom. The molecule has 0 spiro atoms. The maximum atomic E-state index is 2.78. The summed E-state index contributed by atoms with van der Waals surface area (Å²) in [6.07, 6.45) is 16.7. The number of halogens is 2. The zero-order chi connectivity index (χ0) is 15.7. The summed E-state index contributed by atoms with van der Waals surface area (Å²) in [5.41, 5.74) is 0. The fourth-order valence-corrected chi connectivity index (χ4v) is 19.7. The normalized spacial score (nSPS) is 28.4. The SMILES string of the molecule is C[Si]1(C2=CC[C]([Ti+2]3([C]4=CC([Si]5(C)CCC5)=CC4)[CH2][CH2]3)=C2)CCC1.[Cl-].[Cl-]. The first-order valence-electron chi connectivity index (χ1n) is 9.88. The molecule has 3 aliphatic heterocycles. The molecule has 0 N–H and O–H groups in total. The predicted molar refractivity (Wildman–Crippen MR) is 103 cm³/mol. The van der Waals surface area contributed by atoms with Crippen molar-refractivity contribution in [2.75, 3.05) is 0 Å². The van der Waals surface area contributed by atoms with E-state index in [-0.39, 0.29) is 24.8 Å². The molecule has 0 radical (unpaired) electrons. The first-order chi connectivity index (χ1) is 11.0. The van der Waals surface area contributed by atoms with Crippen LogP contribution in [0.25, 0.3) is 0 Å². The minimum atomic E-state index is -1.72. The van der Waals surface area contributed by atoms with Crippen LogP contribution >= 0.6 is 0 Å². The Bertz CT molecular complexity index is 636. The van der Waals surface area contributed by atoms with Crippen molar-refractivity contribution in [2.45, 2.75) is 72.4 Å². The van der Waals surface area contributed by atoms with Gasteiger partial charge in [-0.15, -0.1) is 0 Å². The van der Waals surface area contributed by atoms with Crippen LogP contribution in [0.15, 0.2) is 42.5 Å². The van der Waals surface area contributed by atoms with Gasteiger partial charge < -0.3 is 24.8 Å². The molecule has 136 valence electrons. The van der Waals surface area contributed by atoms with Gasteiger partial charge >= 0.3 is 148 Å². The monoisotopic (exact) mass is 444 g/mol. The second kappa shape index (κ2) is 6.94. The van der Waals surface area contributed by atoms with E-state index in [1.54, 1.807) is 33.6 Å². The van der Waals surface area contributed by atoms with Crippen LogP contribution < -0.4 is 24.8 Å². The topological polar surface area (TPSA) is 0 Å². The van der Waals surface area contributed by atoms with E-state index in [1.807, 2.05) is 18.1 Å². The maximum absolute atomic E-state index is 2.78. The van der Waals surface area contributed by atoms with E-state index in [1.165, 1.54) is 25.7 Å². The Morgan fingerprint density at radius 1 is 0.720 bits per heavy atom. The summed E-state index contributed by atoms with van der Waals surface area (Å²) in [5, 5.41) is 3.73. The molecular weight excluding hydrogens is 415 g/mol. The second-order valence-corrected chi connectivity index (χ2v) is 25.8. The van der Waals surface area contributed by atoms with Gasteiger partial charge in [-0.2, -0.15) is 0 Å². The van der Waals surface area contributed by atoms with Gasteiger partial charge in [0, 0.05) is 0 Å². The van der Waals surface area contributed by atoms with Crippen molar-refractivity contribution in [3.8, 4) is 0 Å². The van der Waals surface area contributed by atoms with Crippen molar-refractivity contribution in [1.29, 1.82) is 0 Å². The van der Waals surface area contributed by atoms with Crippen LogP contribution in [0.3, 0.4) is 0 Å². The van der Waals surface area contributed by atoms with E-state index >= 15 is 0 Å². The molecule has 0 atom stereocenters. The molecule has 5 aliphatic rings. The average Bonchev–Trinajstić information content (AvgIpc) is 2.93. The Morgan fingerprint density at radius 3 is 1.40 bits per heavy atom. The molecule has 0 bridgehead atoms. The zero-order valence-electron chi connectivity index (χ0n) is 15.6. The average molecular weight is 445 g/mol. The third-order valence-corrected chi connectivity index (χ3v) is 24.6. The van der Waals surface area contributed by atoms with Crippen LogP contribution in [0.2, 0.25) is 46.7 Å². The number of hydrogen-bond donors (Lipinski definition) is 0. The van der Waals surface area contributed by atoms with E-state index in [2.05, 4.69) is 37.4 Å². The van der Waals surface area contributed by atoms with Crippen molar-refractivity contribution in [3.05, 3.63) is 42.5 Å². The molecule has 0 unspecified atom stereocenters. The first-order valence-corrected chi connectivity index (χ1v) is 19.5. The quantitative estimate of drug-likeness (QED) is 0.553.